The van der Waals surface area contributed by atoms with E-state index in [4.69, 9.17) is 21.7 Å². The van der Waals surface area contributed by atoms with Crippen LogP contribution in [0.3, 0.4) is 0 Å². The largest absolute Gasteiger partial charge is 0.494 e. The fraction of sp³-hybridized carbons (Fsp3) is 0.350. The Hall–Kier alpha value is -2.27. The molecule has 0 saturated carbocycles. The molecule has 0 fully saturated rings. The molecule has 0 heterocycles. The second-order valence-electron chi connectivity index (χ2n) is 5.92. The van der Waals surface area contributed by atoms with Crippen molar-refractivity contribution >= 4 is 23.0 Å². The number of hydrogen-bond acceptors (Lipinski definition) is 3. The molecule has 0 radical (unpaired) electrons. The molecular weight excluding hydrogens is 332 g/mol. The number of hydrogen-bond donors (Lipinski definition) is 1. The Balaban J connectivity index is 1.61. The zero-order valence-corrected chi connectivity index (χ0v) is 15.7. The van der Waals surface area contributed by atoms with Crippen LogP contribution < -0.4 is 14.8 Å². The van der Waals surface area contributed by atoms with Crippen molar-refractivity contribution in [2.24, 2.45) is 0 Å². The third-order valence-electron chi connectivity index (χ3n) is 3.56. The number of nitrogens with one attached hydrogen (secondary N) is 1. The number of nitrogens with zero attached hydrogens (tertiary/aromatic N) is 1. The van der Waals surface area contributed by atoms with E-state index < -0.39 is 0 Å². The van der Waals surface area contributed by atoms with Gasteiger partial charge in [-0.3, -0.25) is 0 Å². The molecule has 134 valence electrons. The average molecular weight is 359 g/mol. The number of para-hydroxylation sites is 1. The minimum atomic E-state index is 0.676. The Labute approximate surface area is 155 Å². The van der Waals surface area contributed by atoms with E-state index >= 15 is 0 Å². The van der Waals surface area contributed by atoms with Gasteiger partial charge in [0.1, 0.15) is 11.5 Å². The number of anilines is 1. The van der Waals surface area contributed by atoms with Crippen LogP contribution in [0.1, 0.15) is 19.3 Å². The zero-order valence-electron chi connectivity index (χ0n) is 14.9. The summed E-state index contributed by atoms with van der Waals surface area (Å²) in [6.07, 6.45) is 3.11. The molecule has 25 heavy (non-hydrogen) atoms. The van der Waals surface area contributed by atoms with E-state index in [9.17, 15) is 0 Å². The molecule has 2 rings (SSSR count). The third kappa shape index (κ3) is 7.44. The lowest BCUT2D eigenvalue weighted by Gasteiger charge is -2.16. The monoisotopic (exact) mass is 358 g/mol. The van der Waals surface area contributed by atoms with Gasteiger partial charge in [-0.05, 0) is 55.7 Å². The topological polar surface area (TPSA) is 33.7 Å². The zero-order chi connectivity index (χ0) is 17.9. The first-order valence-corrected chi connectivity index (χ1v) is 8.95. The van der Waals surface area contributed by atoms with Gasteiger partial charge in [-0.15, -0.1) is 0 Å². The van der Waals surface area contributed by atoms with Crippen LogP contribution in [0.2, 0.25) is 0 Å². The summed E-state index contributed by atoms with van der Waals surface area (Å²) in [4.78, 5) is 1.86. The third-order valence-corrected chi connectivity index (χ3v) is 4.03. The summed E-state index contributed by atoms with van der Waals surface area (Å²) in [5.41, 5.74) is 0.937. The summed E-state index contributed by atoms with van der Waals surface area (Å²) >= 11 is 5.25. The lowest BCUT2D eigenvalue weighted by molar-refractivity contribution is 0.279. The van der Waals surface area contributed by atoms with E-state index in [0.717, 1.165) is 43.1 Å². The standard InChI is InChI=1S/C20H26N2O2S/c1-22(2)20(25)21-17-10-9-13-19(16-17)24-15-8-4-7-14-23-18-11-5-3-6-12-18/h3,5-6,9-13,16H,4,7-8,14-15H2,1-2H3,(H,21,25). The van der Waals surface area contributed by atoms with Crippen molar-refractivity contribution in [3.8, 4) is 11.5 Å². The first-order chi connectivity index (χ1) is 12.1. The summed E-state index contributed by atoms with van der Waals surface area (Å²) in [6, 6.07) is 17.8. The molecular formula is C20H26N2O2S. The molecule has 0 bridgehead atoms. The number of rotatable bonds is 9. The fourth-order valence-electron chi connectivity index (χ4n) is 2.18. The maximum atomic E-state index is 5.82. The quantitative estimate of drug-likeness (QED) is 0.524. The Kier molecular flexibility index (Phi) is 8.05. The maximum Gasteiger partial charge on any atom is 0.172 e. The van der Waals surface area contributed by atoms with Crippen LogP contribution >= 0.6 is 12.2 Å². The molecule has 0 amide bonds. The van der Waals surface area contributed by atoms with Crippen LogP contribution in [0.4, 0.5) is 5.69 Å². The van der Waals surface area contributed by atoms with Crippen molar-refractivity contribution < 1.29 is 9.47 Å². The van der Waals surface area contributed by atoms with Gasteiger partial charge in [0.05, 0.1) is 13.2 Å². The molecule has 0 aliphatic carbocycles. The van der Waals surface area contributed by atoms with Crippen LogP contribution in [0, 0.1) is 0 Å². The minimum Gasteiger partial charge on any atom is -0.494 e. The van der Waals surface area contributed by atoms with Crippen LogP contribution in [-0.4, -0.2) is 37.3 Å². The van der Waals surface area contributed by atoms with Gasteiger partial charge in [-0.1, -0.05) is 24.3 Å². The lowest BCUT2D eigenvalue weighted by atomic mass is 10.2. The summed E-state index contributed by atoms with van der Waals surface area (Å²) < 4.78 is 11.5. The number of benzene rings is 2. The highest BCUT2D eigenvalue weighted by Gasteiger charge is 2.01. The molecule has 0 atom stereocenters. The van der Waals surface area contributed by atoms with Crippen LogP contribution in [0.5, 0.6) is 11.5 Å². The van der Waals surface area contributed by atoms with E-state index in [1.807, 2.05) is 73.6 Å². The summed E-state index contributed by atoms with van der Waals surface area (Å²) in [5.74, 6) is 1.78. The molecule has 1 N–H and O–H groups in total. The van der Waals surface area contributed by atoms with Gasteiger partial charge in [0.2, 0.25) is 0 Å². The summed E-state index contributed by atoms with van der Waals surface area (Å²) in [5, 5.41) is 3.85. The highest BCUT2D eigenvalue weighted by Crippen LogP contribution is 2.18. The van der Waals surface area contributed by atoms with Gasteiger partial charge < -0.3 is 19.7 Å². The second-order valence-corrected chi connectivity index (χ2v) is 6.31. The Morgan fingerprint density at radius 1 is 0.880 bits per heavy atom. The van der Waals surface area contributed by atoms with E-state index in [1.165, 1.54) is 0 Å². The number of unbranched alkanes of at least 4 members (excludes halogenated alkanes) is 2. The SMILES string of the molecule is CN(C)C(=S)Nc1cccc(OCCCCCOc2ccccc2)c1. The Bertz CT molecular complexity index is 647. The normalized spacial score (nSPS) is 10.2. The average Bonchev–Trinajstić information content (AvgIpc) is 2.62. The summed E-state index contributed by atoms with van der Waals surface area (Å²) in [7, 11) is 3.83. The molecule has 2 aromatic carbocycles. The fourth-order valence-corrected chi connectivity index (χ4v) is 2.29. The number of ether oxygens (including phenoxy) is 2. The van der Waals surface area contributed by atoms with Gasteiger partial charge in [0.15, 0.2) is 5.11 Å². The molecule has 0 aliphatic rings. The maximum absolute atomic E-state index is 5.82. The van der Waals surface area contributed by atoms with E-state index in [-0.39, 0.29) is 0 Å². The van der Waals surface area contributed by atoms with Gasteiger partial charge in [0, 0.05) is 25.8 Å². The molecule has 0 saturated heterocycles. The van der Waals surface area contributed by atoms with Gasteiger partial charge >= 0.3 is 0 Å². The smallest absolute Gasteiger partial charge is 0.172 e. The molecule has 2 aromatic rings. The van der Waals surface area contributed by atoms with E-state index in [2.05, 4.69) is 5.32 Å². The van der Waals surface area contributed by atoms with Crippen LogP contribution in [0.15, 0.2) is 54.6 Å². The predicted octanol–water partition coefficient (Wildman–Crippen LogP) is 4.57. The first kappa shape index (κ1) is 19.1. The minimum absolute atomic E-state index is 0.676. The Morgan fingerprint density at radius 3 is 2.20 bits per heavy atom. The van der Waals surface area contributed by atoms with Crippen molar-refractivity contribution in [2.45, 2.75) is 19.3 Å². The van der Waals surface area contributed by atoms with Crippen LogP contribution in [0.25, 0.3) is 0 Å². The molecule has 0 aliphatic heterocycles. The highest BCUT2D eigenvalue weighted by molar-refractivity contribution is 7.80. The van der Waals surface area contributed by atoms with Gasteiger partial charge in [0.25, 0.3) is 0 Å². The van der Waals surface area contributed by atoms with Crippen molar-refractivity contribution in [1.29, 1.82) is 0 Å². The van der Waals surface area contributed by atoms with Gasteiger partial charge in [-0.25, -0.2) is 0 Å². The van der Waals surface area contributed by atoms with Gasteiger partial charge in [-0.2, -0.15) is 0 Å². The van der Waals surface area contributed by atoms with Crippen LogP contribution in [-0.2, 0) is 0 Å². The van der Waals surface area contributed by atoms with E-state index in [1.54, 1.807) is 0 Å². The predicted molar refractivity (Wildman–Crippen MR) is 108 cm³/mol. The highest BCUT2D eigenvalue weighted by atomic mass is 32.1. The molecule has 0 unspecified atom stereocenters. The molecule has 4 nitrogen and oxygen atoms in total. The number of thiocarbonyl (C=S) groups is 1. The van der Waals surface area contributed by atoms with Crippen molar-refractivity contribution in [2.75, 3.05) is 32.6 Å². The molecule has 5 heteroatoms. The Morgan fingerprint density at radius 2 is 1.52 bits per heavy atom. The second kappa shape index (κ2) is 10.6. The summed E-state index contributed by atoms with van der Waals surface area (Å²) in [6.45, 7) is 1.44. The van der Waals surface area contributed by atoms with E-state index in [0.29, 0.717) is 11.7 Å². The van der Waals surface area contributed by atoms with Crippen molar-refractivity contribution in [3.63, 3.8) is 0 Å². The first-order valence-electron chi connectivity index (χ1n) is 8.54. The van der Waals surface area contributed by atoms with Crippen molar-refractivity contribution in [1.82, 2.24) is 4.90 Å². The van der Waals surface area contributed by atoms with Crippen molar-refractivity contribution in [3.05, 3.63) is 54.6 Å². The lowest BCUT2D eigenvalue weighted by Crippen LogP contribution is -2.26. The molecule has 0 aromatic heterocycles. The molecule has 0 spiro atoms.